The van der Waals surface area contributed by atoms with Crippen LogP contribution in [0.3, 0.4) is 0 Å². The van der Waals surface area contributed by atoms with Crippen molar-refractivity contribution in [3.8, 4) is 0 Å². The molecule has 0 spiro atoms. The summed E-state index contributed by atoms with van der Waals surface area (Å²) in [6.45, 7) is 6.76. The number of Topliss-reactive ketones (excluding diaryl/α,β-unsaturated/α-hetero) is 1. The lowest BCUT2D eigenvalue weighted by atomic mass is 9.85. The number of hydrogen-bond acceptors (Lipinski definition) is 4. The van der Waals surface area contributed by atoms with Gasteiger partial charge in [-0.2, -0.15) is 0 Å². The zero-order valence-electron chi connectivity index (χ0n) is 20.7. The number of carbonyl (C=O) groups excluding carboxylic acids is 2. The van der Waals surface area contributed by atoms with E-state index in [1.165, 1.54) is 0 Å². The van der Waals surface area contributed by atoms with E-state index in [0.717, 1.165) is 22.1 Å². The smallest absolute Gasteiger partial charge is 0.290 e. The maximum atomic E-state index is 13.7. The number of aliphatic hydroxyl groups excluding tert-OH is 1. The Morgan fingerprint density at radius 3 is 2.28 bits per heavy atom. The van der Waals surface area contributed by atoms with Crippen LogP contribution in [0.15, 0.2) is 101 Å². The van der Waals surface area contributed by atoms with E-state index in [1.807, 2.05) is 72.8 Å². The Bertz CT molecular complexity index is 1420. The fourth-order valence-corrected chi connectivity index (χ4v) is 4.75. The summed E-state index contributed by atoms with van der Waals surface area (Å²) in [6.07, 6.45) is 0.600. The second-order valence-electron chi connectivity index (χ2n) is 10.2. The zero-order chi connectivity index (χ0) is 25.4. The van der Waals surface area contributed by atoms with Gasteiger partial charge >= 0.3 is 0 Å². The lowest BCUT2D eigenvalue weighted by Gasteiger charge is -2.27. The summed E-state index contributed by atoms with van der Waals surface area (Å²) in [6, 6.07) is 26.1. The third-order valence-corrected chi connectivity index (χ3v) is 6.77. The number of para-hydroxylation sites is 1. The molecule has 5 rings (SSSR count). The SMILES string of the molecule is CC(C)(C)c1ccc([C@H]2C(C(=O)c3cc4ccccc4o3)=C(O)C(=O)N2CCc2ccccc2)cc1. The first-order chi connectivity index (χ1) is 17.2. The molecule has 1 aliphatic rings. The van der Waals surface area contributed by atoms with Crippen LogP contribution in [0.2, 0.25) is 0 Å². The van der Waals surface area contributed by atoms with E-state index < -0.39 is 23.5 Å². The first-order valence-corrected chi connectivity index (χ1v) is 12.2. The summed E-state index contributed by atoms with van der Waals surface area (Å²) in [5, 5.41) is 11.8. The predicted octanol–water partition coefficient (Wildman–Crippen LogP) is 6.55. The van der Waals surface area contributed by atoms with Gasteiger partial charge in [0.15, 0.2) is 11.5 Å². The van der Waals surface area contributed by atoms with Crippen molar-refractivity contribution in [2.24, 2.45) is 0 Å². The molecular formula is C31H29NO4. The van der Waals surface area contributed by atoms with E-state index >= 15 is 0 Å². The molecule has 0 bridgehead atoms. The summed E-state index contributed by atoms with van der Waals surface area (Å²) in [4.78, 5) is 28.6. The normalized spacial score (nSPS) is 16.2. The van der Waals surface area contributed by atoms with Crippen LogP contribution >= 0.6 is 0 Å². The van der Waals surface area contributed by atoms with Crippen LogP contribution in [0.25, 0.3) is 11.0 Å². The van der Waals surface area contributed by atoms with E-state index in [9.17, 15) is 14.7 Å². The van der Waals surface area contributed by atoms with E-state index in [1.54, 1.807) is 17.0 Å². The third-order valence-electron chi connectivity index (χ3n) is 6.77. The zero-order valence-corrected chi connectivity index (χ0v) is 20.7. The summed E-state index contributed by atoms with van der Waals surface area (Å²) in [5.74, 6) is -1.44. The van der Waals surface area contributed by atoms with Gasteiger partial charge in [0.25, 0.3) is 5.91 Å². The molecule has 0 fully saturated rings. The molecule has 0 unspecified atom stereocenters. The number of fused-ring (bicyclic) bond motifs is 1. The van der Waals surface area contributed by atoms with Gasteiger partial charge in [0.1, 0.15) is 5.58 Å². The first kappa shape index (κ1) is 23.6. The average molecular weight is 480 g/mol. The standard InChI is InChI=1S/C31H29NO4/c1-31(2,3)23-15-13-21(14-16-23)27-26(28(33)25-19-22-11-7-8-12-24(22)36-25)29(34)30(35)32(27)18-17-20-9-5-4-6-10-20/h4-16,19,27,34H,17-18H2,1-3H3/t27-/m0/s1. The van der Waals surface area contributed by atoms with Gasteiger partial charge in [0.2, 0.25) is 5.78 Å². The molecule has 4 aromatic rings. The van der Waals surface area contributed by atoms with Crippen LogP contribution in [0.5, 0.6) is 0 Å². The minimum Gasteiger partial charge on any atom is -0.503 e. The summed E-state index contributed by atoms with van der Waals surface area (Å²) < 4.78 is 5.81. The monoisotopic (exact) mass is 479 g/mol. The molecular weight excluding hydrogens is 450 g/mol. The molecule has 3 aromatic carbocycles. The number of rotatable bonds is 6. The highest BCUT2D eigenvalue weighted by Gasteiger charge is 2.44. The van der Waals surface area contributed by atoms with Crippen LogP contribution in [0, 0.1) is 0 Å². The molecule has 1 aliphatic heterocycles. The molecule has 182 valence electrons. The maximum Gasteiger partial charge on any atom is 0.290 e. The minimum absolute atomic E-state index is 0.0398. The summed E-state index contributed by atoms with van der Waals surface area (Å²) in [7, 11) is 0. The average Bonchev–Trinajstić information content (AvgIpc) is 3.42. The number of nitrogens with zero attached hydrogens (tertiary/aromatic N) is 1. The summed E-state index contributed by atoms with van der Waals surface area (Å²) >= 11 is 0. The van der Waals surface area contributed by atoms with Gasteiger partial charge in [-0.15, -0.1) is 0 Å². The minimum atomic E-state index is -0.712. The van der Waals surface area contributed by atoms with Gasteiger partial charge in [-0.25, -0.2) is 0 Å². The molecule has 2 heterocycles. The van der Waals surface area contributed by atoms with Gasteiger partial charge in [-0.1, -0.05) is 93.6 Å². The molecule has 5 heteroatoms. The van der Waals surface area contributed by atoms with Gasteiger partial charge in [-0.3, -0.25) is 9.59 Å². The Kier molecular flexibility index (Phi) is 6.00. The Balaban J connectivity index is 1.55. The maximum absolute atomic E-state index is 13.7. The molecule has 1 amide bonds. The van der Waals surface area contributed by atoms with E-state index in [-0.39, 0.29) is 16.7 Å². The van der Waals surface area contributed by atoms with Crippen molar-refractivity contribution < 1.29 is 19.1 Å². The van der Waals surface area contributed by atoms with Crippen molar-refractivity contribution in [1.82, 2.24) is 4.90 Å². The number of hydrogen-bond donors (Lipinski definition) is 1. The molecule has 1 N–H and O–H groups in total. The highest BCUT2D eigenvalue weighted by atomic mass is 16.3. The number of aliphatic hydroxyl groups is 1. The fourth-order valence-electron chi connectivity index (χ4n) is 4.75. The van der Waals surface area contributed by atoms with E-state index in [4.69, 9.17) is 4.42 Å². The number of carbonyl (C=O) groups is 2. The van der Waals surface area contributed by atoms with Crippen molar-refractivity contribution in [1.29, 1.82) is 0 Å². The third kappa shape index (κ3) is 4.33. The Morgan fingerprint density at radius 2 is 1.61 bits per heavy atom. The molecule has 0 saturated carbocycles. The van der Waals surface area contributed by atoms with Crippen LogP contribution in [0.4, 0.5) is 0 Å². The Labute approximate surface area is 210 Å². The van der Waals surface area contributed by atoms with Crippen molar-refractivity contribution in [2.75, 3.05) is 6.54 Å². The van der Waals surface area contributed by atoms with E-state index in [2.05, 4.69) is 20.8 Å². The van der Waals surface area contributed by atoms with Crippen LogP contribution < -0.4 is 0 Å². The van der Waals surface area contributed by atoms with Crippen molar-refractivity contribution in [2.45, 2.75) is 38.6 Å². The van der Waals surface area contributed by atoms with Crippen molar-refractivity contribution >= 4 is 22.7 Å². The van der Waals surface area contributed by atoms with Gasteiger partial charge < -0.3 is 14.4 Å². The van der Waals surface area contributed by atoms with E-state index in [0.29, 0.717) is 18.5 Å². The molecule has 0 aliphatic carbocycles. The highest BCUT2D eigenvalue weighted by Crippen LogP contribution is 2.40. The topological polar surface area (TPSA) is 70.7 Å². The Morgan fingerprint density at radius 1 is 0.944 bits per heavy atom. The van der Waals surface area contributed by atoms with Gasteiger partial charge in [0.05, 0.1) is 11.6 Å². The molecule has 0 saturated heterocycles. The van der Waals surface area contributed by atoms with Gasteiger partial charge in [-0.05, 0) is 40.7 Å². The largest absolute Gasteiger partial charge is 0.503 e. The molecule has 0 radical (unpaired) electrons. The second-order valence-corrected chi connectivity index (χ2v) is 10.2. The van der Waals surface area contributed by atoms with Crippen LogP contribution in [-0.4, -0.2) is 28.2 Å². The number of ketones is 1. The Hall–Kier alpha value is -4.12. The quantitative estimate of drug-likeness (QED) is 0.318. The number of amides is 1. The number of furan rings is 1. The fraction of sp³-hybridized carbons (Fsp3) is 0.226. The molecule has 1 atom stereocenters. The highest BCUT2D eigenvalue weighted by molar-refractivity contribution is 6.16. The number of benzene rings is 3. The molecule has 1 aromatic heterocycles. The first-order valence-electron chi connectivity index (χ1n) is 12.2. The van der Waals surface area contributed by atoms with Crippen molar-refractivity contribution in [3.63, 3.8) is 0 Å². The predicted molar refractivity (Wildman–Crippen MR) is 140 cm³/mol. The molecule has 5 nitrogen and oxygen atoms in total. The van der Waals surface area contributed by atoms with Crippen LogP contribution in [-0.2, 0) is 16.6 Å². The van der Waals surface area contributed by atoms with Gasteiger partial charge in [0, 0.05) is 11.9 Å². The lowest BCUT2D eigenvalue weighted by molar-refractivity contribution is -0.129. The lowest BCUT2D eigenvalue weighted by Crippen LogP contribution is -2.33. The summed E-state index contributed by atoms with van der Waals surface area (Å²) in [5.41, 5.74) is 3.58. The molecule has 36 heavy (non-hydrogen) atoms. The second kappa shape index (κ2) is 9.15. The van der Waals surface area contributed by atoms with Crippen molar-refractivity contribution in [3.05, 3.63) is 119 Å². The van der Waals surface area contributed by atoms with Crippen LogP contribution in [0.1, 0.15) is 54.1 Å².